The van der Waals surface area contributed by atoms with Gasteiger partial charge in [-0.05, 0) is 35.9 Å². The van der Waals surface area contributed by atoms with Gasteiger partial charge in [-0.1, -0.05) is 29.3 Å². The van der Waals surface area contributed by atoms with Crippen LogP contribution in [0.3, 0.4) is 0 Å². The summed E-state index contributed by atoms with van der Waals surface area (Å²) in [4.78, 5) is 31.2. The van der Waals surface area contributed by atoms with E-state index in [1.807, 2.05) is 0 Å². The molecule has 0 atom stereocenters. The number of carbonyl (C=O) groups excluding carboxylic acids is 1. The van der Waals surface area contributed by atoms with Crippen molar-refractivity contribution in [1.82, 2.24) is 15.4 Å². The van der Waals surface area contributed by atoms with Gasteiger partial charge in [-0.2, -0.15) is 0 Å². The van der Waals surface area contributed by atoms with Crippen LogP contribution in [0.25, 0.3) is 0 Å². The Bertz CT molecular complexity index is 1210. The molecule has 0 aliphatic carbocycles. The van der Waals surface area contributed by atoms with Gasteiger partial charge in [0.2, 0.25) is 18.4 Å². The van der Waals surface area contributed by atoms with Crippen LogP contribution >= 0.6 is 23.2 Å². The minimum atomic E-state index is -0.661. The predicted octanol–water partition coefficient (Wildman–Crippen LogP) is 3.79. The van der Waals surface area contributed by atoms with Crippen molar-refractivity contribution < 1.29 is 19.2 Å². The van der Waals surface area contributed by atoms with Gasteiger partial charge in [-0.15, -0.1) is 0 Å². The SMILES string of the molecule is O=C(NNc1ncnc(NCc2ccc3c(c2)OCO3)c1[N+](=O)[O-])c1ccc(Cl)cc1Cl. The molecule has 0 spiro atoms. The molecule has 0 fully saturated rings. The number of benzene rings is 2. The number of hydrazine groups is 1. The summed E-state index contributed by atoms with van der Waals surface area (Å²) in [7, 11) is 0. The highest BCUT2D eigenvalue weighted by atomic mass is 35.5. The normalized spacial score (nSPS) is 11.7. The lowest BCUT2D eigenvalue weighted by molar-refractivity contribution is -0.383. The molecule has 0 saturated heterocycles. The quantitative estimate of drug-likeness (QED) is 0.342. The van der Waals surface area contributed by atoms with Crippen molar-refractivity contribution in [3.63, 3.8) is 0 Å². The van der Waals surface area contributed by atoms with E-state index in [2.05, 4.69) is 26.1 Å². The van der Waals surface area contributed by atoms with Crippen LogP contribution in [-0.4, -0.2) is 27.6 Å². The van der Waals surface area contributed by atoms with Gasteiger partial charge in [-0.25, -0.2) is 9.97 Å². The molecule has 1 amide bonds. The Balaban J connectivity index is 1.49. The Morgan fingerprint density at radius 2 is 1.88 bits per heavy atom. The second kappa shape index (κ2) is 9.12. The number of fused-ring (bicyclic) bond motifs is 1. The average molecular weight is 477 g/mol. The molecule has 1 aromatic heterocycles. The molecule has 2 heterocycles. The predicted molar refractivity (Wildman–Crippen MR) is 116 cm³/mol. The number of aromatic nitrogens is 2. The summed E-state index contributed by atoms with van der Waals surface area (Å²) < 4.78 is 10.6. The lowest BCUT2D eigenvalue weighted by atomic mass is 10.2. The fourth-order valence-corrected chi connectivity index (χ4v) is 3.36. The number of nitro groups is 1. The third-order valence-electron chi connectivity index (χ3n) is 4.37. The average Bonchev–Trinajstić information content (AvgIpc) is 3.23. The van der Waals surface area contributed by atoms with Gasteiger partial charge in [0.05, 0.1) is 15.5 Å². The van der Waals surface area contributed by atoms with Crippen molar-refractivity contribution in [3.8, 4) is 11.5 Å². The monoisotopic (exact) mass is 476 g/mol. The molecule has 1 aliphatic heterocycles. The van der Waals surface area contributed by atoms with E-state index < -0.39 is 16.5 Å². The van der Waals surface area contributed by atoms with E-state index >= 15 is 0 Å². The minimum Gasteiger partial charge on any atom is -0.454 e. The highest BCUT2D eigenvalue weighted by Gasteiger charge is 2.24. The number of carbonyl (C=O) groups is 1. The largest absolute Gasteiger partial charge is 0.454 e. The fraction of sp³-hybridized carbons (Fsp3) is 0.105. The van der Waals surface area contributed by atoms with E-state index in [0.717, 1.165) is 11.9 Å². The smallest absolute Gasteiger partial charge is 0.354 e. The maximum absolute atomic E-state index is 12.4. The Labute approximate surface area is 190 Å². The standard InChI is InChI=1S/C19H14Cl2N6O5/c20-11-2-3-12(13(21)6-11)19(28)26-25-18-16(27(29)30)17(23-8-24-18)22-7-10-1-4-14-15(5-10)32-9-31-14/h1-6,8H,7,9H2,(H,26,28)(H2,22,23,24,25). The van der Waals surface area contributed by atoms with E-state index in [0.29, 0.717) is 16.5 Å². The summed E-state index contributed by atoms with van der Waals surface area (Å²) >= 11 is 11.8. The first-order valence-corrected chi connectivity index (χ1v) is 9.81. The first-order valence-electron chi connectivity index (χ1n) is 9.05. The number of nitrogens with zero attached hydrogens (tertiary/aromatic N) is 3. The molecule has 3 aromatic rings. The zero-order valence-corrected chi connectivity index (χ0v) is 17.6. The summed E-state index contributed by atoms with van der Waals surface area (Å²) in [5, 5.41) is 15.1. The molecule has 1 aliphatic rings. The van der Waals surface area contributed by atoms with Crippen molar-refractivity contribution in [3.05, 3.63) is 74.0 Å². The Kier molecular flexibility index (Phi) is 6.10. The number of anilines is 2. The molecule has 0 unspecified atom stereocenters. The van der Waals surface area contributed by atoms with Crippen LogP contribution in [0, 0.1) is 10.1 Å². The van der Waals surface area contributed by atoms with Gasteiger partial charge in [0.15, 0.2) is 11.5 Å². The van der Waals surface area contributed by atoms with E-state index in [9.17, 15) is 14.9 Å². The molecule has 164 valence electrons. The summed E-state index contributed by atoms with van der Waals surface area (Å²) in [6, 6.07) is 9.63. The number of nitrogens with one attached hydrogen (secondary N) is 3. The van der Waals surface area contributed by atoms with Crippen molar-refractivity contribution in [2.45, 2.75) is 6.54 Å². The van der Waals surface area contributed by atoms with E-state index in [1.54, 1.807) is 18.2 Å². The van der Waals surface area contributed by atoms with Crippen molar-refractivity contribution in [1.29, 1.82) is 0 Å². The third kappa shape index (κ3) is 4.58. The van der Waals surface area contributed by atoms with Crippen LogP contribution in [0.4, 0.5) is 17.3 Å². The maximum Gasteiger partial charge on any atom is 0.354 e. The zero-order chi connectivity index (χ0) is 22.7. The zero-order valence-electron chi connectivity index (χ0n) is 16.1. The lowest BCUT2D eigenvalue weighted by Crippen LogP contribution is -2.30. The maximum atomic E-state index is 12.4. The lowest BCUT2D eigenvalue weighted by Gasteiger charge is -2.11. The van der Waals surface area contributed by atoms with Gasteiger partial charge in [0.1, 0.15) is 6.33 Å². The molecular formula is C19H14Cl2N6O5. The second-order valence-corrected chi connectivity index (χ2v) is 7.26. The second-order valence-electron chi connectivity index (χ2n) is 6.42. The van der Waals surface area contributed by atoms with Crippen LogP contribution in [0.2, 0.25) is 10.0 Å². The molecule has 0 saturated carbocycles. The topological polar surface area (TPSA) is 141 Å². The summed E-state index contributed by atoms with van der Waals surface area (Å²) in [5.74, 6) is 0.340. The van der Waals surface area contributed by atoms with Crippen LogP contribution in [-0.2, 0) is 6.54 Å². The van der Waals surface area contributed by atoms with Gasteiger partial charge >= 0.3 is 5.69 Å². The van der Waals surface area contributed by atoms with Crippen LogP contribution in [0.15, 0.2) is 42.7 Å². The van der Waals surface area contributed by atoms with Crippen molar-refractivity contribution in [2.75, 3.05) is 17.5 Å². The van der Waals surface area contributed by atoms with Gasteiger partial charge < -0.3 is 14.8 Å². The first kappa shape index (κ1) is 21.4. The molecule has 11 nitrogen and oxygen atoms in total. The van der Waals surface area contributed by atoms with E-state index in [-0.39, 0.29) is 35.6 Å². The minimum absolute atomic E-state index is 0.0380. The molecule has 32 heavy (non-hydrogen) atoms. The van der Waals surface area contributed by atoms with E-state index in [1.165, 1.54) is 18.2 Å². The number of amides is 1. The molecule has 0 radical (unpaired) electrons. The molecule has 3 N–H and O–H groups in total. The number of hydrogen-bond donors (Lipinski definition) is 3. The molecule has 13 heteroatoms. The van der Waals surface area contributed by atoms with Crippen LogP contribution in [0.5, 0.6) is 11.5 Å². The number of rotatable bonds is 7. The summed E-state index contributed by atoms with van der Waals surface area (Å²) in [6.07, 6.45) is 1.12. The summed E-state index contributed by atoms with van der Waals surface area (Å²) in [5.41, 5.74) is 5.25. The Morgan fingerprint density at radius 3 is 2.66 bits per heavy atom. The van der Waals surface area contributed by atoms with E-state index in [4.69, 9.17) is 32.7 Å². The molecule has 0 bridgehead atoms. The molecule has 4 rings (SSSR count). The Hall–Kier alpha value is -3.83. The number of halogens is 2. The third-order valence-corrected chi connectivity index (χ3v) is 4.92. The van der Waals surface area contributed by atoms with Crippen LogP contribution < -0.4 is 25.6 Å². The first-order chi connectivity index (χ1) is 15.4. The van der Waals surface area contributed by atoms with Gasteiger partial charge in [-0.3, -0.25) is 25.8 Å². The summed E-state index contributed by atoms with van der Waals surface area (Å²) in [6.45, 7) is 0.367. The number of ether oxygens (including phenoxy) is 2. The van der Waals surface area contributed by atoms with Crippen molar-refractivity contribution >= 4 is 46.4 Å². The van der Waals surface area contributed by atoms with Gasteiger partial charge in [0.25, 0.3) is 5.91 Å². The van der Waals surface area contributed by atoms with Crippen LogP contribution in [0.1, 0.15) is 15.9 Å². The highest BCUT2D eigenvalue weighted by Crippen LogP contribution is 2.33. The Morgan fingerprint density at radius 1 is 1.09 bits per heavy atom. The van der Waals surface area contributed by atoms with Gasteiger partial charge in [0, 0.05) is 11.6 Å². The fourth-order valence-electron chi connectivity index (χ4n) is 2.87. The molecular weight excluding hydrogens is 463 g/mol. The highest BCUT2D eigenvalue weighted by molar-refractivity contribution is 6.36. The van der Waals surface area contributed by atoms with Crippen molar-refractivity contribution in [2.24, 2.45) is 0 Å². The molecule has 2 aromatic carbocycles. The number of hydrogen-bond acceptors (Lipinski definition) is 9.